The first-order chi connectivity index (χ1) is 8.72. The molecule has 0 aliphatic heterocycles. The van der Waals surface area contributed by atoms with Crippen LogP contribution < -0.4 is 15.2 Å². The normalized spacial score (nSPS) is 10.1. The van der Waals surface area contributed by atoms with Crippen LogP contribution >= 0.6 is 0 Å². The van der Waals surface area contributed by atoms with Crippen LogP contribution in [-0.2, 0) is 0 Å². The van der Waals surface area contributed by atoms with E-state index >= 15 is 0 Å². The molecule has 2 N–H and O–H groups in total. The van der Waals surface area contributed by atoms with Crippen LogP contribution in [0.5, 0.6) is 11.5 Å². The van der Waals surface area contributed by atoms with Crippen LogP contribution in [0.3, 0.4) is 0 Å². The molecule has 0 aliphatic rings. The first-order valence-electron chi connectivity index (χ1n) is 5.13. The Kier molecular flexibility index (Phi) is 3.18. The highest BCUT2D eigenvalue weighted by atomic mass is 16.5. The second-order valence-electron chi connectivity index (χ2n) is 3.49. The van der Waals surface area contributed by atoms with Crippen molar-refractivity contribution in [2.24, 2.45) is 0 Å². The van der Waals surface area contributed by atoms with Gasteiger partial charge < -0.3 is 19.7 Å². The molecule has 1 aromatic carbocycles. The molecule has 2 rings (SSSR count). The van der Waals surface area contributed by atoms with Crippen molar-refractivity contribution in [3.05, 3.63) is 23.9 Å². The van der Waals surface area contributed by atoms with E-state index in [9.17, 15) is 4.79 Å². The second-order valence-corrected chi connectivity index (χ2v) is 3.49. The summed E-state index contributed by atoms with van der Waals surface area (Å²) in [6.07, 6.45) is 2.18. The molecule has 0 aliphatic carbocycles. The number of hydrogen-bond donors (Lipinski definition) is 1. The Balaban J connectivity index is 2.69. The monoisotopic (exact) mass is 248 g/mol. The van der Waals surface area contributed by atoms with E-state index in [0.29, 0.717) is 34.5 Å². The van der Waals surface area contributed by atoms with Crippen molar-refractivity contribution in [1.29, 1.82) is 0 Å². The first-order valence-corrected chi connectivity index (χ1v) is 5.13. The molecule has 2 aromatic rings. The predicted molar refractivity (Wildman–Crippen MR) is 64.8 cm³/mol. The summed E-state index contributed by atoms with van der Waals surface area (Å²) in [4.78, 5) is 10.9. The number of benzene rings is 1. The summed E-state index contributed by atoms with van der Waals surface area (Å²) in [5, 5.41) is 3.61. The number of nitrogen functional groups attached to an aromatic ring is 1. The Morgan fingerprint density at radius 1 is 1.22 bits per heavy atom. The SMILES string of the molecule is COc1c(C=O)ccc(-c2cnoc2N)c1OC. The Morgan fingerprint density at radius 2 is 1.94 bits per heavy atom. The number of methoxy groups -OCH3 is 2. The molecule has 0 saturated carbocycles. The summed E-state index contributed by atoms with van der Waals surface area (Å²) < 4.78 is 15.3. The molecule has 0 spiro atoms. The van der Waals surface area contributed by atoms with Gasteiger partial charge in [-0.15, -0.1) is 0 Å². The van der Waals surface area contributed by atoms with Gasteiger partial charge in [-0.3, -0.25) is 4.79 Å². The topological polar surface area (TPSA) is 87.6 Å². The first kappa shape index (κ1) is 12.0. The molecule has 0 unspecified atom stereocenters. The van der Waals surface area contributed by atoms with Crippen molar-refractivity contribution < 1.29 is 18.8 Å². The second kappa shape index (κ2) is 4.79. The number of aldehydes is 1. The average Bonchev–Trinajstić information content (AvgIpc) is 2.82. The molecule has 0 bridgehead atoms. The smallest absolute Gasteiger partial charge is 0.230 e. The summed E-state index contributed by atoms with van der Waals surface area (Å²) in [6, 6.07) is 3.32. The number of rotatable bonds is 4. The molecule has 0 fully saturated rings. The zero-order chi connectivity index (χ0) is 13.1. The summed E-state index contributed by atoms with van der Waals surface area (Å²) in [6.45, 7) is 0. The minimum Gasteiger partial charge on any atom is -0.492 e. The van der Waals surface area contributed by atoms with E-state index in [1.54, 1.807) is 12.1 Å². The molecule has 1 heterocycles. The molecule has 6 heteroatoms. The van der Waals surface area contributed by atoms with Crippen LogP contribution in [0.4, 0.5) is 5.88 Å². The maximum atomic E-state index is 10.9. The molecule has 0 saturated heterocycles. The van der Waals surface area contributed by atoms with Crippen molar-refractivity contribution in [2.45, 2.75) is 0 Å². The fourth-order valence-electron chi connectivity index (χ4n) is 1.75. The molecule has 18 heavy (non-hydrogen) atoms. The average molecular weight is 248 g/mol. The zero-order valence-corrected chi connectivity index (χ0v) is 9.97. The number of nitrogens with two attached hydrogens (primary N) is 1. The van der Waals surface area contributed by atoms with E-state index in [1.807, 2.05) is 0 Å². The number of aromatic nitrogens is 1. The molecule has 0 radical (unpaired) electrons. The molecular weight excluding hydrogens is 236 g/mol. The van der Waals surface area contributed by atoms with Crippen LogP contribution in [0.25, 0.3) is 11.1 Å². The van der Waals surface area contributed by atoms with Crippen LogP contribution in [-0.4, -0.2) is 25.7 Å². The summed E-state index contributed by atoms with van der Waals surface area (Å²) >= 11 is 0. The van der Waals surface area contributed by atoms with Crippen LogP contribution in [0.2, 0.25) is 0 Å². The highest BCUT2D eigenvalue weighted by Gasteiger charge is 2.19. The van der Waals surface area contributed by atoms with Gasteiger partial charge in [-0.1, -0.05) is 5.16 Å². The number of carbonyl (C=O) groups excluding carboxylic acids is 1. The number of ether oxygens (including phenoxy) is 2. The Hall–Kier alpha value is -2.50. The number of nitrogens with zero attached hydrogens (tertiary/aromatic N) is 1. The molecule has 0 atom stereocenters. The van der Waals surface area contributed by atoms with Gasteiger partial charge in [-0.2, -0.15) is 0 Å². The van der Waals surface area contributed by atoms with E-state index < -0.39 is 0 Å². The van der Waals surface area contributed by atoms with E-state index in [2.05, 4.69) is 5.16 Å². The Morgan fingerprint density at radius 3 is 2.44 bits per heavy atom. The highest BCUT2D eigenvalue weighted by molar-refractivity contribution is 5.87. The van der Waals surface area contributed by atoms with Crippen molar-refractivity contribution in [3.8, 4) is 22.6 Å². The third-order valence-electron chi connectivity index (χ3n) is 2.57. The lowest BCUT2D eigenvalue weighted by Crippen LogP contribution is -1.98. The lowest BCUT2D eigenvalue weighted by Gasteiger charge is -2.13. The van der Waals surface area contributed by atoms with Gasteiger partial charge in [-0.25, -0.2) is 0 Å². The van der Waals surface area contributed by atoms with Crippen LogP contribution in [0.1, 0.15) is 10.4 Å². The molecule has 94 valence electrons. The number of hydrogen-bond acceptors (Lipinski definition) is 6. The fourth-order valence-corrected chi connectivity index (χ4v) is 1.75. The largest absolute Gasteiger partial charge is 0.492 e. The van der Waals surface area contributed by atoms with Crippen molar-refractivity contribution in [1.82, 2.24) is 5.16 Å². The molecule has 0 amide bonds. The number of carbonyl (C=O) groups is 1. The van der Waals surface area contributed by atoms with Gasteiger partial charge in [0.05, 0.1) is 31.5 Å². The van der Waals surface area contributed by atoms with E-state index in [4.69, 9.17) is 19.7 Å². The molecule has 6 nitrogen and oxygen atoms in total. The van der Waals surface area contributed by atoms with Crippen LogP contribution in [0, 0.1) is 0 Å². The number of anilines is 1. The van der Waals surface area contributed by atoms with E-state index in [-0.39, 0.29) is 5.88 Å². The fraction of sp³-hybridized carbons (Fsp3) is 0.167. The van der Waals surface area contributed by atoms with Gasteiger partial charge >= 0.3 is 0 Å². The van der Waals surface area contributed by atoms with Gasteiger partial charge in [0.15, 0.2) is 17.8 Å². The lowest BCUT2D eigenvalue weighted by atomic mass is 10.0. The third-order valence-corrected chi connectivity index (χ3v) is 2.57. The van der Waals surface area contributed by atoms with Gasteiger partial charge in [0.25, 0.3) is 0 Å². The minimum atomic E-state index is 0.175. The minimum absolute atomic E-state index is 0.175. The van der Waals surface area contributed by atoms with Crippen molar-refractivity contribution in [2.75, 3.05) is 20.0 Å². The van der Waals surface area contributed by atoms with Crippen molar-refractivity contribution in [3.63, 3.8) is 0 Å². The zero-order valence-electron chi connectivity index (χ0n) is 9.97. The van der Waals surface area contributed by atoms with E-state index in [0.717, 1.165) is 0 Å². The molecule has 1 aromatic heterocycles. The summed E-state index contributed by atoms with van der Waals surface area (Å²) in [5.41, 5.74) is 7.30. The lowest BCUT2D eigenvalue weighted by molar-refractivity contribution is 0.112. The maximum Gasteiger partial charge on any atom is 0.230 e. The predicted octanol–water partition coefficient (Wildman–Crippen LogP) is 1.75. The van der Waals surface area contributed by atoms with Crippen LogP contribution in [0.15, 0.2) is 22.9 Å². The van der Waals surface area contributed by atoms with Gasteiger partial charge in [0.1, 0.15) is 0 Å². The third kappa shape index (κ3) is 1.77. The Bertz CT molecular complexity index is 577. The summed E-state index contributed by atoms with van der Waals surface area (Å²) in [7, 11) is 2.95. The molecular formula is C12H12N2O4. The quantitative estimate of drug-likeness (QED) is 0.829. The standard InChI is InChI=1S/C12H12N2O4/c1-16-10-7(6-15)3-4-8(11(10)17-2)9-5-14-18-12(9)13/h3-6H,13H2,1-2H3. The highest BCUT2D eigenvalue weighted by Crippen LogP contribution is 2.41. The van der Waals surface area contributed by atoms with Crippen molar-refractivity contribution >= 4 is 12.2 Å². The van der Waals surface area contributed by atoms with Gasteiger partial charge in [-0.05, 0) is 12.1 Å². The van der Waals surface area contributed by atoms with Gasteiger partial charge in [0, 0.05) is 5.56 Å². The maximum absolute atomic E-state index is 10.9. The summed E-state index contributed by atoms with van der Waals surface area (Å²) in [5.74, 6) is 0.941. The Labute approximate surface area is 103 Å². The van der Waals surface area contributed by atoms with Gasteiger partial charge in [0.2, 0.25) is 5.88 Å². The van der Waals surface area contributed by atoms with E-state index in [1.165, 1.54) is 20.4 Å².